The Morgan fingerprint density at radius 3 is 2.28 bits per heavy atom. The highest BCUT2D eigenvalue weighted by atomic mass is 16.4. The van der Waals surface area contributed by atoms with Crippen LogP contribution in [-0.2, 0) is 9.59 Å². The van der Waals surface area contributed by atoms with Crippen LogP contribution in [0.4, 0.5) is 0 Å². The van der Waals surface area contributed by atoms with Gasteiger partial charge in [0.1, 0.15) is 6.04 Å². The van der Waals surface area contributed by atoms with Gasteiger partial charge in [-0.1, -0.05) is 39.0 Å². The first kappa shape index (κ1) is 16.9. The summed E-state index contributed by atoms with van der Waals surface area (Å²) in [4.78, 5) is 22.2. The van der Waals surface area contributed by atoms with Gasteiger partial charge in [-0.25, -0.2) is 4.79 Å². The number of hydrogen-bond donors (Lipinski definition) is 3. The normalized spacial score (nSPS) is 12.1. The molecule has 0 rings (SSSR count). The van der Waals surface area contributed by atoms with E-state index in [2.05, 4.69) is 12.2 Å². The summed E-state index contributed by atoms with van der Waals surface area (Å²) in [5.41, 5.74) is 0. The number of unbranched alkanes of at least 4 members (excludes halogenated alkanes) is 5. The summed E-state index contributed by atoms with van der Waals surface area (Å²) in [5, 5.41) is 19.9. The summed E-state index contributed by atoms with van der Waals surface area (Å²) in [5.74, 6) is -1.34. The molecule has 0 aromatic rings. The minimum absolute atomic E-state index is 0.0531. The van der Waals surface area contributed by atoms with E-state index in [1.807, 2.05) is 0 Å². The molecule has 0 radical (unpaired) electrons. The lowest BCUT2D eigenvalue weighted by molar-refractivity contribution is -0.142. The standard InChI is InChI=1S/C13H25NO4/c1-2-3-4-5-6-7-8-12(16)14-11(9-10-15)13(17)18/h11,15H,2-10H2,1H3,(H,14,16)(H,17,18)/t11-/m0/s1. The number of carbonyl (C=O) groups excluding carboxylic acids is 1. The molecular weight excluding hydrogens is 234 g/mol. The average Bonchev–Trinajstić information content (AvgIpc) is 2.33. The van der Waals surface area contributed by atoms with Crippen LogP contribution in [0.15, 0.2) is 0 Å². The highest BCUT2D eigenvalue weighted by Crippen LogP contribution is 2.07. The Morgan fingerprint density at radius 2 is 1.72 bits per heavy atom. The molecule has 0 spiro atoms. The van der Waals surface area contributed by atoms with E-state index in [9.17, 15) is 9.59 Å². The van der Waals surface area contributed by atoms with Crippen molar-refractivity contribution in [2.75, 3.05) is 6.61 Å². The van der Waals surface area contributed by atoms with E-state index >= 15 is 0 Å². The van der Waals surface area contributed by atoms with Gasteiger partial charge in [0.05, 0.1) is 0 Å². The first-order valence-corrected chi connectivity index (χ1v) is 6.74. The van der Waals surface area contributed by atoms with Crippen LogP contribution in [0.25, 0.3) is 0 Å². The van der Waals surface area contributed by atoms with E-state index in [1.54, 1.807) is 0 Å². The molecule has 5 heteroatoms. The molecule has 0 aliphatic rings. The van der Waals surface area contributed by atoms with E-state index < -0.39 is 12.0 Å². The van der Waals surface area contributed by atoms with E-state index in [1.165, 1.54) is 19.3 Å². The van der Waals surface area contributed by atoms with Crippen molar-refractivity contribution in [3.8, 4) is 0 Å². The van der Waals surface area contributed by atoms with E-state index in [4.69, 9.17) is 10.2 Å². The first-order chi connectivity index (χ1) is 8.61. The molecule has 106 valence electrons. The van der Waals surface area contributed by atoms with Gasteiger partial charge in [-0.2, -0.15) is 0 Å². The molecule has 1 atom stereocenters. The summed E-state index contributed by atoms with van der Waals surface area (Å²) in [6, 6.07) is -0.970. The molecule has 0 aliphatic carbocycles. The van der Waals surface area contributed by atoms with Crippen LogP contribution in [0.1, 0.15) is 58.3 Å². The molecule has 3 N–H and O–H groups in total. The van der Waals surface area contributed by atoms with Crippen LogP contribution in [0.3, 0.4) is 0 Å². The minimum atomic E-state index is -1.10. The first-order valence-electron chi connectivity index (χ1n) is 6.74. The van der Waals surface area contributed by atoms with Crippen molar-refractivity contribution in [2.24, 2.45) is 0 Å². The fraction of sp³-hybridized carbons (Fsp3) is 0.846. The zero-order chi connectivity index (χ0) is 13.8. The van der Waals surface area contributed by atoms with Crippen molar-refractivity contribution >= 4 is 11.9 Å². The van der Waals surface area contributed by atoms with E-state index in [0.29, 0.717) is 6.42 Å². The number of nitrogens with one attached hydrogen (secondary N) is 1. The zero-order valence-corrected chi connectivity index (χ0v) is 11.2. The van der Waals surface area contributed by atoms with E-state index in [-0.39, 0.29) is 18.9 Å². The molecule has 0 bridgehead atoms. The molecule has 0 fully saturated rings. The van der Waals surface area contributed by atoms with Crippen LogP contribution in [-0.4, -0.2) is 34.7 Å². The second-order valence-electron chi connectivity index (χ2n) is 4.49. The number of rotatable bonds is 11. The Hall–Kier alpha value is -1.10. The van der Waals surface area contributed by atoms with Gasteiger partial charge in [-0.3, -0.25) is 4.79 Å². The summed E-state index contributed by atoms with van der Waals surface area (Å²) in [7, 11) is 0. The van der Waals surface area contributed by atoms with Crippen molar-refractivity contribution in [3.05, 3.63) is 0 Å². The third-order valence-corrected chi connectivity index (χ3v) is 2.81. The quantitative estimate of drug-likeness (QED) is 0.493. The number of hydrogen-bond acceptors (Lipinski definition) is 3. The maximum Gasteiger partial charge on any atom is 0.326 e. The average molecular weight is 259 g/mol. The van der Waals surface area contributed by atoms with Gasteiger partial charge in [-0.05, 0) is 6.42 Å². The summed E-state index contributed by atoms with van der Waals surface area (Å²) in [6.45, 7) is 1.91. The predicted octanol–water partition coefficient (Wildman–Crippen LogP) is 1.69. The van der Waals surface area contributed by atoms with Gasteiger partial charge in [0.25, 0.3) is 0 Å². The number of aliphatic hydroxyl groups excluding tert-OH is 1. The highest BCUT2D eigenvalue weighted by Gasteiger charge is 2.18. The van der Waals surface area contributed by atoms with Gasteiger partial charge in [0.2, 0.25) is 5.91 Å². The number of carbonyl (C=O) groups is 2. The maximum atomic E-state index is 11.5. The maximum absolute atomic E-state index is 11.5. The Balaban J connectivity index is 3.65. The number of aliphatic hydroxyl groups is 1. The predicted molar refractivity (Wildman–Crippen MR) is 69.3 cm³/mol. The van der Waals surface area contributed by atoms with Gasteiger partial charge in [0.15, 0.2) is 0 Å². The Labute approximate surface area is 109 Å². The van der Waals surface area contributed by atoms with Crippen LogP contribution < -0.4 is 5.32 Å². The van der Waals surface area contributed by atoms with Crippen LogP contribution >= 0.6 is 0 Å². The summed E-state index contributed by atoms with van der Waals surface area (Å²) < 4.78 is 0. The molecule has 0 unspecified atom stereocenters. The van der Waals surface area contributed by atoms with Gasteiger partial charge < -0.3 is 15.5 Å². The molecule has 0 aromatic heterocycles. The molecule has 5 nitrogen and oxygen atoms in total. The molecule has 0 aliphatic heterocycles. The van der Waals surface area contributed by atoms with Gasteiger partial charge in [0, 0.05) is 19.4 Å². The van der Waals surface area contributed by atoms with Crippen LogP contribution in [0, 0.1) is 0 Å². The van der Waals surface area contributed by atoms with Crippen molar-refractivity contribution in [1.29, 1.82) is 0 Å². The number of amides is 1. The SMILES string of the molecule is CCCCCCCCC(=O)N[C@@H](CCO)C(=O)O. The second-order valence-corrected chi connectivity index (χ2v) is 4.49. The molecular formula is C13H25NO4. The molecule has 0 saturated carbocycles. The minimum Gasteiger partial charge on any atom is -0.480 e. The summed E-state index contributed by atoms with van der Waals surface area (Å²) in [6.07, 6.45) is 6.96. The molecule has 1 amide bonds. The second kappa shape index (κ2) is 11.0. The topological polar surface area (TPSA) is 86.6 Å². The van der Waals surface area contributed by atoms with Gasteiger partial charge in [-0.15, -0.1) is 0 Å². The number of carboxylic acids is 1. The number of aliphatic carboxylic acids is 1. The third-order valence-electron chi connectivity index (χ3n) is 2.81. The van der Waals surface area contributed by atoms with Crippen LogP contribution in [0.5, 0.6) is 0 Å². The van der Waals surface area contributed by atoms with Crippen molar-refractivity contribution in [2.45, 2.75) is 64.3 Å². The Bertz CT molecular complexity index is 243. The molecule has 0 saturated heterocycles. The van der Waals surface area contributed by atoms with E-state index in [0.717, 1.165) is 19.3 Å². The monoisotopic (exact) mass is 259 g/mol. The Morgan fingerprint density at radius 1 is 1.11 bits per heavy atom. The lowest BCUT2D eigenvalue weighted by atomic mass is 10.1. The largest absolute Gasteiger partial charge is 0.480 e. The van der Waals surface area contributed by atoms with Crippen LogP contribution in [0.2, 0.25) is 0 Å². The fourth-order valence-corrected chi connectivity index (χ4v) is 1.72. The lowest BCUT2D eigenvalue weighted by Gasteiger charge is -2.12. The molecule has 0 heterocycles. The van der Waals surface area contributed by atoms with Gasteiger partial charge >= 0.3 is 5.97 Å². The van der Waals surface area contributed by atoms with Crippen molar-refractivity contribution < 1.29 is 19.8 Å². The lowest BCUT2D eigenvalue weighted by Crippen LogP contribution is -2.41. The summed E-state index contributed by atoms with van der Waals surface area (Å²) >= 11 is 0. The Kier molecular flexibility index (Phi) is 10.3. The highest BCUT2D eigenvalue weighted by molar-refractivity contribution is 5.83. The molecule has 18 heavy (non-hydrogen) atoms. The smallest absolute Gasteiger partial charge is 0.326 e. The van der Waals surface area contributed by atoms with Crippen molar-refractivity contribution in [3.63, 3.8) is 0 Å². The number of carboxylic acid groups (broad SMARTS) is 1. The fourth-order valence-electron chi connectivity index (χ4n) is 1.72. The molecule has 0 aromatic carbocycles. The third kappa shape index (κ3) is 8.98. The zero-order valence-electron chi connectivity index (χ0n) is 11.2. The van der Waals surface area contributed by atoms with Crippen molar-refractivity contribution in [1.82, 2.24) is 5.32 Å².